The monoisotopic (exact) mass is 542 g/mol. The highest BCUT2D eigenvalue weighted by Crippen LogP contribution is 2.34. The topological polar surface area (TPSA) is 42.3 Å². The molecule has 4 rings (SSSR count). The van der Waals surface area contributed by atoms with Crippen LogP contribution in [0.4, 0.5) is 4.79 Å². The summed E-state index contributed by atoms with van der Waals surface area (Å²) in [6.07, 6.45) is 1.85. The van der Waals surface area contributed by atoms with Crippen LogP contribution in [0.1, 0.15) is 33.6 Å². The first-order valence-electron chi connectivity index (χ1n) is 10.0. The molecule has 0 radical (unpaired) electrons. The van der Waals surface area contributed by atoms with Gasteiger partial charge in [-0.25, -0.2) is 0 Å². The molecule has 3 aromatic rings. The zero-order valence-corrected chi connectivity index (χ0v) is 20.9. The molecule has 1 saturated heterocycles. The molecule has 4 nitrogen and oxygen atoms in total. The Morgan fingerprint density at radius 2 is 1.65 bits per heavy atom. The Hall–Kier alpha value is -2.32. The molecule has 2 heterocycles. The molecule has 0 unspecified atom stereocenters. The van der Waals surface area contributed by atoms with E-state index < -0.39 is 0 Å². The summed E-state index contributed by atoms with van der Waals surface area (Å²) in [6, 6.07) is 16.3. The molecular weight excluding hydrogens is 519 g/mol. The number of hydrogen-bond donors (Lipinski definition) is 0. The van der Waals surface area contributed by atoms with Gasteiger partial charge in [0.15, 0.2) is 0 Å². The molecule has 2 amide bonds. The van der Waals surface area contributed by atoms with E-state index in [2.05, 4.69) is 72.2 Å². The minimum atomic E-state index is -0.232. The normalized spacial score (nSPS) is 15.4. The van der Waals surface area contributed by atoms with Gasteiger partial charge >= 0.3 is 0 Å². The maximum atomic E-state index is 13.0. The molecule has 0 saturated carbocycles. The molecule has 31 heavy (non-hydrogen) atoms. The van der Waals surface area contributed by atoms with Gasteiger partial charge in [0.2, 0.25) is 0 Å². The van der Waals surface area contributed by atoms with Crippen LogP contribution < -0.4 is 0 Å². The summed E-state index contributed by atoms with van der Waals surface area (Å²) >= 11 is 3.25. The van der Waals surface area contributed by atoms with Gasteiger partial charge in [0.1, 0.15) is 0 Å². The van der Waals surface area contributed by atoms with Gasteiger partial charge in [-0.15, -0.1) is 0 Å². The number of imide groups is 1. The van der Waals surface area contributed by atoms with Crippen LogP contribution in [-0.2, 0) is 11.3 Å². The summed E-state index contributed by atoms with van der Waals surface area (Å²) in [5.41, 5.74) is 7.63. The van der Waals surface area contributed by atoms with Crippen molar-refractivity contribution in [1.82, 2.24) is 9.47 Å². The average molecular weight is 542 g/mol. The molecule has 0 atom stereocenters. The summed E-state index contributed by atoms with van der Waals surface area (Å²) in [7, 11) is 0. The number of benzene rings is 2. The van der Waals surface area contributed by atoms with Crippen LogP contribution in [0.2, 0.25) is 0 Å². The third-order valence-electron chi connectivity index (χ3n) is 5.63. The van der Waals surface area contributed by atoms with E-state index in [1.54, 1.807) is 0 Å². The van der Waals surface area contributed by atoms with Crippen LogP contribution in [0.5, 0.6) is 0 Å². The van der Waals surface area contributed by atoms with Gasteiger partial charge < -0.3 is 4.57 Å². The van der Waals surface area contributed by atoms with E-state index in [0.29, 0.717) is 11.4 Å². The van der Waals surface area contributed by atoms with Gasteiger partial charge in [-0.05, 0) is 121 Å². The fraction of sp³-hybridized carbons (Fsp3) is 0.200. The molecule has 1 aliphatic heterocycles. The predicted octanol–water partition coefficient (Wildman–Crippen LogP) is 6.55. The number of thioether (sulfide) groups is 1. The molecule has 158 valence electrons. The number of rotatable bonds is 4. The molecule has 1 aromatic heterocycles. The quantitative estimate of drug-likeness (QED) is 0.277. The van der Waals surface area contributed by atoms with Gasteiger partial charge in [0, 0.05) is 20.6 Å². The second kappa shape index (κ2) is 8.67. The number of hydrogen-bond acceptors (Lipinski definition) is 3. The number of aromatic nitrogens is 1. The number of aryl methyl sites for hydroxylation is 3. The van der Waals surface area contributed by atoms with E-state index in [-0.39, 0.29) is 11.1 Å². The van der Waals surface area contributed by atoms with E-state index in [1.807, 2.05) is 37.3 Å². The predicted molar refractivity (Wildman–Crippen MR) is 135 cm³/mol. The molecule has 6 heteroatoms. The minimum Gasteiger partial charge on any atom is -0.318 e. The van der Waals surface area contributed by atoms with Crippen molar-refractivity contribution >= 4 is 51.6 Å². The molecule has 0 N–H and O–H groups in total. The van der Waals surface area contributed by atoms with Gasteiger partial charge in [-0.1, -0.05) is 18.2 Å². The first-order valence-corrected chi connectivity index (χ1v) is 11.9. The summed E-state index contributed by atoms with van der Waals surface area (Å²) < 4.78 is 3.31. The number of amides is 2. The van der Waals surface area contributed by atoms with Crippen molar-refractivity contribution in [2.45, 2.75) is 34.2 Å². The van der Waals surface area contributed by atoms with Crippen LogP contribution >= 0.6 is 34.4 Å². The highest BCUT2D eigenvalue weighted by atomic mass is 127. The third kappa shape index (κ3) is 4.36. The summed E-state index contributed by atoms with van der Waals surface area (Å²) in [5.74, 6) is -0.232. The Morgan fingerprint density at radius 3 is 2.32 bits per heavy atom. The Bertz CT molecular complexity index is 1230. The lowest BCUT2D eigenvalue weighted by atomic mass is 10.1. The zero-order chi connectivity index (χ0) is 22.3. The number of carbonyl (C=O) groups excluding carboxylic acids is 2. The second-order valence-electron chi connectivity index (χ2n) is 7.82. The Balaban J connectivity index is 1.63. The van der Waals surface area contributed by atoms with Gasteiger partial charge in [-0.2, -0.15) is 0 Å². The first kappa shape index (κ1) is 21.9. The van der Waals surface area contributed by atoms with E-state index >= 15 is 0 Å². The van der Waals surface area contributed by atoms with Crippen molar-refractivity contribution in [2.75, 3.05) is 0 Å². The molecule has 1 aliphatic rings. The molecule has 0 aliphatic carbocycles. The zero-order valence-electron chi connectivity index (χ0n) is 17.9. The van der Waals surface area contributed by atoms with Crippen molar-refractivity contribution in [1.29, 1.82) is 0 Å². The van der Waals surface area contributed by atoms with E-state index in [0.717, 1.165) is 43.5 Å². The van der Waals surface area contributed by atoms with E-state index in [1.165, 1.54) is 16.0 Å². The summed E-state index contributed by atoms with van der Waals surface area (Å²) in [6.45, 7) is 8.61. The standard InChI is InChI=1S/C25H23IN2O2S/c1-15-5-10-22(11-16(15)2)28-17(3)12-20(18(28)4)13-23-24(29)27(25(30)31-23)14-19-6-8-21(26)9-7-19/h5-13H,14H2,1-4H3/b23-13-. The van der Waals surface area contributed by atoms with Crippen molar-refractivity contribution in [3.8, 4) is 5.69 Å². The summed E-state index contributed by atoms with van der Waals surface area (Å²) in [5, 5.41) is -0.224. The highest BCUT2D eigenvalue weighted by Gasteiger charge is 2.35. The third-order valence-corrected chi connectivity index (χ3v) is 7.26. The van der Waals surface area contributed by atoms with E-state index in [4.69, 9.17) is 0 Å². The van der Waals surface area contributed by atoms with Crippen LogP contribution in [-0.4, -0.2) is 20.6 Å². The Labute approximate surface area is 200 Å². The van der Waals surface area contributed by atoms with Crippen molar-refractivity contribution in [2.24, 2.45) is 0 Å². The number of nitrogens with zero attached hydrogens (tertiary/aromatic N) is 2. The SMILES string of the molecule is Cc1ccc(-n2c(C)cc(/C=C3\SC(=O)N(Cc4ccc(I)cc4)C3=O)c2C)cc1C. The first-order chi connectivity index (χ1) is 14.7. The molecule has 0 spiro atoms. The van der Waals surface area contributed by atoms with Crippen molar-refractivity contribution < 1.29 is 9.59 Å². The summed E-state index contributed by atoms with van der Waals surface area (Å²) in [4.78, 5) is 27.3. The molecule has 0 bridgehead atoms. The van der Waals surface area contributed by atoms with Gasteiger partial charge in [0.25, 0.3) is 11.1 Å². The Kier molecular flexibility index (Phi) is 6.12. The van der Waals surface area contributed by atoms with Crippen LogP contribution in [0.25, 0.3) is 11.8 Å². The van der Waals surface area contributed by atoms with Crippen molar-refractivity contribution in [3.63, 3.8) is 0 Å². The smallest absolute Gasteiger partial charge is 0.293 e. The van der Waals surface area contributed by atoms with E-state index in [9.17, 15) is 9.59 Å². The average Bonchev–Trinajstić information content (AvgIpc) is 3.15. The van der Waals surface area contributed by atoms with Crippen molar-refractivity contribution in [3.05, 3.63) is 90.6 Å². The lowest BCUT2D eigenvalue weighted by molar-refractivity contribution is -0.123. The molecule has 2 aromatic carbocycles. The Morgan fingerprint density at radius 1 is 0.935 bits per heavy atom. The fourth-order valence-corrected chi connectivity index (χ4v) is 4.93. The maximum Gasteiger partial charge on any atom is 0.293 e. The van der Waals surface area contributed by atoms with Gasteiger partial charge in [0.05, 0.1) is 11.4 Å². The van der Waals surface area contributed by atoms with Gasteiger partial charge in [-0.3, -0.25) is 14.5 Å². The molecule has 1 fully saturated rings. The maximum absolute atomic E-state index is 13.0. The second-order valence-corrected chi connectivity index (χ2v) is 10.1. The fourth-order valence-electron chi connectivity index (χ4n) is 3.75. The van der Waals surface area contributed by atoms with Crippen LogP contribution in [0.3, 0.4) is 0 Å². The lowest BCUT2D eigenvalue weighted by Gasteiger charge is -2.12. The van der Waals surface area contributed by atoms with Crippen LogP contribution in [0.15, 0.2) is 53.4 Å². The van der Waals surface area contributed by atoms with Crippen LogP contribution in [0, 0.1) is 31.3 Å². The number of halogens is 1. The largest absolute Gasteiger partial charge is 0.318 e. The lowest BCUT2D eigenvalue weighted by Crippen LogP contribution is -2.27. The minimum absolute atomic E-state index is 0.224. The number of carbonyl (C=O) groups is 2. The molecular formula is C25H23IN2O2S. The highest BCUT2D eigenvalue weighted by molar-refractivity contribution is 14.1.